The highest BCUT2D eigenvalue weighted by atomic mass is 32.2. The summed E-state index contributed by atoms with van der Waals surface area (Å²) in [5, 5.41) is 0. The van der Waals surface area contributed by atoms with Crippen LogP contribution >= 0.6 is 24.0 Å². The molecule has 98 valence electrons. The minimum atomic E-state index is -0.652. The minimum Gasteiger partial charge on any atom is -0.464 e. The molecule has 3 nitrogen and oxygen atoms in total. The van der Waals surface area contributed by atoms with E-state index < -0.39 is 6.10 Å². The smallest absolute Gasteiger partial charge is 0.347 e. The van der Waals surface area contributed by atoms with E-state index in [1.807, 2.05) is 30.3 Å². The van der Waals surface area contributed by atoms with Gasteiger partial charge in [0, 0.05) is 5.75 Å². The van der Waals surface area contributed by atoms with E-state index in [9.17, 15) is 4.79 Å². The molecule has 0 saturated carbocycles. The van der Waals surface area contributed by atoms with E-state index in [4.69, 9.17) is 21.7 Å². The molecule has 0 N–H and O–H groups in total. The standard InChI is InChI=1S/C13H16O3S2/c1-3-15-12(14)10(2)16-13(17)18-9-11-7-5-4-6-8-11/h4-8,10H,3,9H2,1-2H3. The van der Waals surface area contributed by atoms with E-state index in [-0.39, 0.29) is 5.97 Å². The van der Waals surface area contributed by atoms with Gasteiger partial charge in [-0.15, -0.1) is 0 Å². The number of rotatable bonds is 5. The number of hydrogen-bond donors (Lipinski definition) is 0. The monoisotopic (exact) mass is 284 g/mol. The van der Waals surface area contributed by atoms with E-state index in [0.29, 0.717) is 11.0 Å². The highest BCUT2D eigenvalue weighted by molar-refractivity contribution is 8.22. The van der Waals surface area contributed by atoms with Crippen LogP contribution in [0.1, 0.15) is 19.4 Å². The van der Waals surface area contributed by atoms with Gasteiger partial charge in [0.1, 0.15) is 0 Å². The molecule has 18 heavy (non-hydrogen) atoms. The first kappa shape index (κ1) is 15.0. The molecule has 0 aromatic heterocycles. The van der Waals surface area contributed by atoms with Crippen molar-refractivity contribution in [3.8, 4) is 0 Å². The fourth-order valence-corrected chi connectivity index (χ4v) is 2.21. The normalized spacial score (nSPS) is 11.7. The molecule has 0 fully saturated rings. The fraction of sp³-hybridized carbons (Fsp3) is 0.385. The lowest BCUT2D eigenvalue weighted by molar-refractivity contribution is -0.150. The number of esters is 1. The van der Waals surface area contributed by atoms with Crippen LogP contribution in [-0.2, 0) is 20.0 Å². The lowest BCUT2D eigenvalue weighted by Crippen LogP contribution is -2.24. The highest BCUT2D eigenvalue weighted by Gasteiger charge is 2.16. The van der Waals surface area contributed by atoms with Crippen molar-refractivity contribution >= 4 is 34.3 Å². The Bertz CT molecular complexity index is 392. The molecular weight excluding hydrogens is 268 g/mol. The summed E-state index contributed by atoms with van der Waals surface area (Å²) in [6.45, 7) is 3.73. The van der Waals surface area contributed by atoms with Gasteiger partial charge in [0.05, 0.1) is 6.61 Å². The Kier molecular flexibility index (Phi) is 6.75. The van der Waals surface area contributed by atoms with Crippen LogP contribution in [0.4, 0.5) is 0 Å². The maximum Gasteiger partial charge on any atom is 0.347 e. The molecule has 0 bridgehead atoms. The number of thioether (sulfide) groups is 1. The van der Waals surface area contributed by atoms with Crippen molar-refractivity contribution in [1.82, 2.24) is 0 Å². The van der Waals surface area contributed by atoms with E-state index in [2.05, 4.69) is 0 Å². The summed E-state index contributed by atoms with van der Waals surface area (Å²) in [4.78, 5) is 11.3. The Labute approximate surface area is 117 Å². The van der Waals surface area contributed by atoms with Crippen molar-refractivity contribution in [3.63, 3.8) is 0 Å². The predicted molar refractivity (Wildman–Crippen MR) is 77.5 cm³/mol. The van der Waals surface area contributed by atoms with Gasteiger partial charge in [0.15, 0.2) is 6.10 Å². The Morgan fingerprint density at radius 1 is 1.39 bits per heavy atom. The average molecular weight is 284 g/mol. The first-order chi connectivity index (χ1) is 8.63. The second-order valence-electron chi connectivity index (χ2n) is 3.54. The van der Waals surface area contributed by atoms with Crippen molar-refractivity contribution in [2.45, 2.75) is 25.7 Å². The molecule has 1 rings (SSSR count). The van der Waals surface area contributed by atoms with Crippen molar-refractivity contribution in [2.24, 2.45) is 0 Å². The van der Waals surface area contributed by atoms with Gasteiger partial charge in [-0.1, -0.05) is 42.1 Å². The lowest BCUT2D eigenvalue weighted by atomic mass is 10.2. The van der Waals surface area contributed by atoms with Gasteiger partial charge in [0.2, 0.25) is 4.38 Å². The third-order valence-electron chi connectivity index (χ3n) is 2.09. The van der Waals surface area contributed by atoms with Crippen LogP contribution in [0.15, 0.2) is 30.3 Å². The first-order valence-corrected chi connectivity index (χ1v) is 7.06. The molecule has 0 radical (unpaired) electrons. The molecular formula is C13H16O3S2. The van der Waals surface area contributed by atoms with Crippen LogP contribution in [0, 0.1) is 0 Å². The summed E-state index contributed by atoms with van der Waals surface area (Å²) in [7, 11) is 0. The van der Waals surface area contributed by atoms with Gasteiger partial charge in [-0.25, -0.2) is 4.79 Å². The molecule has 0 aliphatic heterocycles. The number of carbonyl (C=O) groups excluding carboxylic acids is 1. The van der Waals surface area contributed by atoms with Crippen molar-refractivity contribution < 1.29 is 14.3 Å². The number of hydrogen-bond acceptors (Lipinski definition) is 5. The van der Waals surface area contributed by atoms with Crippen molar-refractivity contribution in [2.75, 3.05) is 6.61 Å². The van der Waals surface area contributed by atoms with Crippen LogP contribution in [0.3, 0.4) is 0 Å². The van der Waals surface area contributed by atoms with Gasteiger partial charge in [-0.2, -0.15) is 0 Å². The summed E-state index contributed by atoms with van der Waals surface area (Å²) in [6, 6.07) is 9.95. The molecule has 0 spiro atoms. The second-order valence-corrected chi connectivity index (χ2v) is 5.11. The molecule has 0 aliphatic rings. The molecule has 1 aromatic rings. The number of ether oxygens (including phenoxy) is 2. The largest absolute Gasteiger partial charge is 0.464 e. The topological polar surface area (TPSA) is 35.5 Å². The molecule has 0 amide bonds. The van der Waals surface area contributed by atoms with Gasteiger partial charge >= 0.3 is 5.97 Å². The first-order valence-electron chi connectivity index (χ1n) is 5.67. The third kappa shape index (κ3) is 5.51. The predicted octanol–water partition coefficient (Wildman–Crippen LogP) is 3.17. The Morgan fingerprint density at radius 2 is 2.06 bits per heavy atom. The van der Waals surface area contributed by atoms with E-state index >= 15 is 0 Å². The minimum absolute atomic E-state index is 0.344. The summed E-state index contributed by atoms with van der Waals surface area (Å²) < 4.78 is 10.5. The molecule has 0 heterocycles. The van der Waals surface area contributed by atoms with Gasteiger partial charge in [-0.3, -0.25) is 0 Å². The maximum atomic E-state index is 11.3. The van der Waals surface area contributed by atoms with Crippen molar-refractivity contribution in [1.29, 1.82) is 0 Å². The molecule has 1 unspecified atom stereocenters. The zero-order valence-electron chi connectivity index (χ0n) is 10.4. The van der Waals surface area contributed by atoms with Gasteiger partial charge in [0.25, 0.3) is 0 Å². The summed E-state index contributed by atoms with van der Waals surface area (Å²) in [5.41, 5.74) is 1.16. The van der Waals surface area contributed by atoms with Crippen LogP contribution < -0.4 is 0 Å². The number of carbonyl (C=O) groups is 1. The Morgan fingerprint density at radius 3 is 2.67 bits per heavy atom. The zero-order valence-corrected chi connectivity index (χ0v) is 12.1. The summed E-state index contributed by atoms with van der Waals surface area (Å²) in [5.74, 6) is 0.343. The molecule has 5 heteroatoms. The summed E-state index contributed by atoms with van der Waals surface area (Å²) in [6.07, 6.45) is -0.652. The number of benzene rings is 1. The van der Waals surface area contributed by atoms with Crippen molar-refractivity contribution in [3.05, 3.63) is 35.9 Å². The SMILES string of the molecule is CCOC(=O)C(C)OC(=S)SCc1ccccc1. The van der Waals surface area contributed by atoms with Crippen LogP contribution in [0.25, 0.3) is 0 Å². The maximum absolute atomic E-state index is 11.3. The van der Waals surface area contributed by atoms with Crippen LogP contribution in [0.5, 0.6) is 0 Å². The molecule has 1 atom stereocenters. The second kappa shape index (κ2) is 8.11. The van der Waals surface area contributed by atoms with Gasteiger partial charge in [-0.05, 0) is 31.6 Å². The lowest BCUT2D eigenvalue weighted by Gasteiger charge is -2.13. The van der Waals surface area contributed by atoms with Crippen LogP contribution in [-0.4, -0.2) is 23.1 Å². The molecule has 0 aliphatic carbocycles. The van der Waals surface area contributed by atoms with Crippen LogP contribution in [0.2, 0.25) is 0 Å². The highest BCUT2D eigenvalue weighted by Crippen LogP contribution is 2.15. The number of thiocarbonyl (C=S) groups is 1. The third-order valence-corrected chi connectivity index (χ3v) is 3.35. The van der Waals surface area contributed by atoms with E-state index in [1.54, 1.807) is 13.8 Å². The zero-order chi connectivity index (χ0) is 13.4. The Balaban J connectivity index is 2.31. The summed E-state index contributed by atoms with van der Waals surface area (Å²) >= 11 is 6.46. The fourth-order valence-electron chi connectivity index (χ4n) is 1.20. The molecule has 1 aromatic carbocycles. The van der Waals surface area contributed by atoms with Gasteiger partial charge < -0.3 is 9.47 Å². The van der Waals surface area contributed by atoms with E-state index in [1.165, 1.54) is 11.8 Å². The Hall–Kier alpha value is -1.07. The quantitative estimate of drug-likeness (QED) is 0.613. The average Bonchev–Trinajstić information content (AvgIpc) is 2.38. The van der Waals surface area contributed by atoms with E-state index in [0.717, 1.165) is 11.3 Å². The molecule has 0 saturated heterocycles.